The molecule has 1 aromatic carbocycles. The largest absolute Gasteiger partial charge is 0.357 e. The monoisotopic (exact) mass is 512 g/mol. The number of amides is 1. The quantitative estimate of drug-likeness (QED) is 0.259. The second kappa shape index (κ2) is 12.4. The maximum atomic E-state index is 11.7. The van der Waals surface area contributed by atoms with Crippen LogP contribution in [0, 0.1) is 5.92 Å². The molecule has 3 rings (SSSR count). The van der Waals surface area contributed by atoms with Crippen LogP contribution >= 0.6 is 24.0 Å². The number of aliphatic imine (C=N–C) groups is 1. The first-order valence-electron chi connectivity index (χ1n) is 11.1. The third kappa shape index (κ3) is 6.59. The Labute approximate surface area is 193 Å². The van der Waals surface area contributed by atoms with E-state index in [0.717, 1.165) is 64.5 Å². The smallest absolute Gasteiger partial charge is 0.222 e. The van der Waals surface area contributed by atoms with Gasteiger partial charge in [0.1, 0.15) is 0 Å². The number of carbonyl (C=O) groups is 1. The lowest BCUT2D eigenvalue weighted by Gasteiger charge is -2.40. The molecule has 0 bridgehead atoms. The number of nitrogens with one attached hydrogen (secondary N) is 1. The van der Waals surface area contributed by atoms with Crippen molar-refractivity contribution in [1.82, 2.24) is 15.1 Å². The molecule has 1 N–H and O–H groups in total. The number of carbonyl (C=O) groups excluding carboxylic acids is 1. The summed E-state index contributed by atoms with van der Waals surface area (Å²) in [5.41, 5.74) is 1.48. The van der Waals surface area contributed by atoms with Crippen LogP contribution in [-0.4, -0.2) is 60.9 Å². The fourth-order valence-corrected chi connectivity index (χ4v) is 4.59. The Kier molecular flexibility index (Phi) is 10.2. The van der Waals surface area contributed by atoms with E-state index in [4.69, 9.17) is 4.99 Å². The van der Waals surface area contributed by atoms with Gasteiger partial charge in [0.15, 0.2) is 5.96 Å². The second-order valence-corrected chi connectivity index (χ2v) is 7.99. The SMILES string of the molecule is CCNC(=NCCCN1CCCC1=O)N1CCC(c2ccccc2)C(CC)C1.I. The third-order valence-corrected chi connectivity index (χ3v) is 6.14. The Morgan fingerprint density at radius 1 is 1.21 bits per heavy atom. The first-order chi connectivity index (χ1) is 13.7. The summed E-state index contributed by atoms with van der Waals surface area (Å²) in [5, 5.41) is 3.48. The molecule has 2 atom stereocenters. The van der Waals surface area contributed by atoms with Crippen LogP contribution in [0.1, 0.15) is 57.4 Å². The minimum absolute atomic E-state index is 0. The van der Waals surface area contributed by atoms with Gasteiger partial charge in [-0.3, -0.25) is 9.79 Å². The standard InChI is InChI=1S/C23H36N4O.HI/c1-3-19-18-27(17-13-21(19)20-10-6-5-7-11-20)23(24-4-2)25-14-9-16-26-15-8-12-22(26)28;/h5-7,10-11,19,21H,3-4,8-9,12-18H2,1-2H3,(H,24,25);1H. The number of halogens is 1. The van der Waals surface area contributed by atoms with Gasteiger partial charge < -0.3 is 15.1 Å². The fourth-order valence-electron chi connectivity index (χ4n) is 4.59. The number of guanidine groups is 1. The molecule has 1 aromatic rings. The van der Waals surface area contributed by atoms with E-state index in [9.17, 15) is 4.79 Å². The normalized spacial score (nSPS) is 22.6. The summed E-state index contributed by atoms with van der Waals surface area (Å²) < 4.78 is 0. The van der Waals surface area contributed by atoms with E-state index in [1.165, 1.54) is 18.4 Å². The van der Waals surface area contributed by atoms with Gasteiger partial charge in [0.25, 0.3) is 0 Å². The fraction of sp³-hybridized carbons (Fsp3) is 0.652. The minimum atomic E-state index is 0. The lowest BCUT2D eigenvalue weighted by atomic mass is 9.79. The first kappa shape index (κ1) is 24.0. The van der Waals surface area contributed by atoms with Gasteiger partial charge in [0, 0.05) is 45.7 Å². The number of likely N-dealkylation sites (tertiary alicyclic amines) is 2. The average molecular weight is 512 g/mol. The summed E-state index contributed by atoms with van der Waals surface area (Å²) in [6.45, 7) is 9.98. The Hall–Kier alpha value is -1.31. The number of benzene rings is 1. The van der Waals surface area contributed by atoms with Crippen molar-refractivity contribution in [3.05, 3.63) is 35.9 Å². The molecule has 0 aliphatic carbocycles. The molecule has 2 unspecified atom stereocenters. The molecule has 5 nitrogen and oxygen atoms in total. The van der Waals surface area contributed by atoms with Gasteiger partial charge in [0.2, 0.25) is 5.91 Å². The van der Waals surface area contributed by atoms with E-state index in [2.05, 4.69) is 54.4 Å². The van der Waals surface area contributed by atoms with Gasteiger partial charge in [-0.1, -0.05) is 43.7 Å². The Morgan fingerprint density at radius 2 is 2.00 bits per heavy atom. The molecule has 2 aliphatic rings. The molecule has 0 saturated carbocycles. The molecule has 162 valence electrons. The lowest BCUT2D eigenvalue weighted by molar-refractivity contribution is -0.127. The van der Waals surface area contributed by atoms with Crippen LogP contribution in [0.25, 0.3) is 0 Å². The van der Waals surface area contributed by atoms with Crippen LogP contribution in [0.2, 0.25) is 0 Å². The second-order valence-electron chi connectivity index (χ2n) is 7.99. The highest BCUT2D eigenvalue weighted by Crippen LogP contribution is 2.34. The molecular formula is C23H37IN4O. The highest BCUT2D eigenvalue weighted by Gasteiger charge is 2.30. The van der Waals surface area contributed by atoms with E-state index in [1.54, 1.807) is 0 Å². The van der Waals surface area contributed by atoms with E-state index in [-0.39, 0.29) is 24.0 Å². The highest BCUT2D eigenvalue weighted by atomic mass is 127. The van der Waals surface area contributed by atoms with Crippen molar-refractivity contribution in [2.45, 2.75) is 51.9 Å². The molecule has 0 spiro atoms. The Balaban J connectivity index is 0.00000300. The molecule has 6 heteroatoms. The zero-order chi connectivity index (χ0) is 19.8. The molecule has 0 radical (unpaired) electrons. The number of hydrogen-bond acceptors (Lipinski definition) is 2. The number of nitrogens with zero attached hydrogens (tertiary/aromatic N) is 3. The van der Waals surface area contributed by atoms with E-state index >= 15 is 0 Å². The summed E-state index contributed by atoms with van der Waals surface area (Å²) >= 11 is 0. The molecule has 0 aromatic heterocycles. The predicted molar refractivity (Wildman–Crippen MR) is 131 cm³/mol. The molecule has 2 aliphatic heterocycles. The van der Waals surface area contributed by atoms with Crippen LogP contribution in [0.4, 0.5) is 0 Å². The van der Waals surface area contributed by atoms with Crippen LogP contribution in [0.3, 0.4) is 0 Å². The average Bonchev–Trinajstić information content (AvgIpc) is 3.15. The van der Waals surface area contributed by atoms with Crippen molar-refractivity contribution in [3.8, 4) is 0 Å². The summed E-state index contributed by atoms with van der Waals surface area (Å²) in [5.74, 6) is 2.65. The van der Waals surface area contributed by atoms with Crippen LogP contribution in [0.5, 0.6) is 0 Å². The van der Waals surface area contributed by atoms with Crippen molar-refractivity contribution in [3.63, 3.8) is 0 Å². The third-order valence-electron chi connectivity index (χ3n) is 6.14. The van der Waals surface area contributed by atoms with Crippen molar-refractivity contribution in [2.24, 2.45) is 10.9 Å². The van der Waals surface area contributed by atoms with E-state index in [0.29, 0.717) is 17.7 Å². The molecule has 2 saturated heterocycles. The van der Waals surface area contributed by atoms with Crippen molar-refractivity contribution >= 4 is 35.8 Å². The zero-order valence-corrected chi connectivity index (χ0v) is 20.3. The van der Waals surface area contributed by atoms with Gasteiger partial charge in [-0.25, -0.2) is 0 Å². The zero-order valence-electron chi connectivity index (χ0n) is 18.0. The molecular weight excluding hydrogens is 475 g/mol. The van der Waals surface area contributed by atoms with Crippen molar-refractivity contribution in [2.75, 3.05) is 39.3 Å². The maximum Gasteiger partial charge on any atom is 0.222 e. The van der Waals surface area contributed by atoms with Crippen LogP contribution in [0.15, 0.2) is 35.3 Å². The molecule has 1 amide bonds. The van der Waals surface area contributed by atoms with Crippen molar-refractivity contribution < 1.29 is 4.79 Å². The van der Waals surface area contributed by atoms with Crippen LogP contribution in [-0.2, 0) is 4.79 Å². The lowest BCUT2D eigenvalue weighted by Crippen LogP contribution is -2.48. The topological polar surface area (TPSA) is 47.9 Å². The van der Waals surface area contributed by atoms with Gasteiger partial charge in [-0.15, -0.1) is 24.0 Å². The minimum Gasteiger partial charge on any atom is -0.357 e. The Morgan fingerprint density at radius 3 is 2.66 bits per heavy atom. The van der Waals surface area contributed by atoms with E-state index < -0.39 is 0 Å². The van der Waals surface area contributed by atoms with Crippen molar-refractivity contribution in [1.29, 1.82) is 0 Å². The molecule has 2 fully saturated rings. The number of rotatable bonds is 7. The summed E-state index contributed by atoms with van der Waals surface area (Å²) in [6, 6.07) is 11.0. The summed E-state index contributed by atoms with van der Waals surface area (Å²) in [7, 11) is 0. The molecule has 2 heterocycles. The number of piperidine rings is 1. The number of hydrogen-bond donors (Lipinski definition) is 1. The maximum absolute atomic E-state index is 11.7. The highest BCUT2D eigenvalue weighted by molar-refractivity contribution is 14.0. The van der Waals surface area contributed by atoms with Gasteiger partial charge >= 0.3 is 0 Å². The van der Waals surface area contributed by atoms with Gasteiger partial charge in [-0.05, 0) is 43.6 Å². The predicted octanol–water partition coefficient (Wildman–Crippen LogP) is 4.10. The summed E-state index contributed by atoms with van der Waals surface area (Å²) in [4.78, 5) is 21.1. The summed E-state index contributed by atoms with van der Waals surface area (Å²) in [6.07, 6.45) is 5.04. The van der Waals surface area contributed by atoms with Gasteiger partial charge in [-0.2, -0.15) is 0 Å². The Bertz CT molecular complexity index is 652. The molecule has 29 heavy (non-hydrogen) atoms. The van der Waals surface area contributed by atoms with Gasteiger partial charge in [0.05, 0.1) is 0 Å². The van der Waals surface area contributed by atoms with E-state index in [1.807, 2.05) is 4.90 Å². The first-order valence-corrected chi connectivity index (χ1v) is 11.1. The van der Waals surface area contributed by atoms with Crippen LogP contribution < -0.4 is 5.32 Å².